The molecule has 4 heteroatoms. The minimum absolute atomic E-state index is 0.00490. The highest BCUT2D eigenvalue weighted by Gasteiger charge is 2.24. The summed E-state index contributed by atoms with van der Waals surface area (Å²) >= 11 is 0. The molecule has 2 aromatic carbocycles. The number of rotatable bonds is 6. The molecule has 1 heterocycles. The lowest BCUT2D eigenvalue weighted by atomic mass is 10.0. The van der Waals surface area contributed by atoms with E-state index in [0.717, 1.165) is 13.1 Å². The molecule has 1 saturated heterocycles. The van der Waals surface area contributed by atoms with Gasteiger partial charge in [-0.2, -0.15) is 0 Å². The summed E-state index contributed by atoms with van der Waals surface area (Å²) in [7, 11) is 4.10. The monoisotopic (exact) mass is 337 g/mol. The van der Waals surface area contributed by atoms with E-state index in [1.807, 2.05) is 44.4 Å². The van der Waals surface area contributed by atoms with Gasteiger partial charge in [0.1, 0.15) is 0 Å². The summed E-state index contributed by atoms with van der Waals surface area (Å²) in [6.07, 6.45) is 2.47. The fourth-order valence-corrected chi connectivity index (χ4v) is 3.39. The SMILES string of the molecule is CN(C)c1ccc([C@H](CNC(=O)c2ccccc2)N2CCCC2)cc1. The van der Waals surface area contributed by atoms with Gasteiger partial charge in [-0.25, -0.2) is 0 Å². The molecular formula is C21H27N3O. The number of anilines is 1. The zero-order valence-corrected chi connectivity index (χ0v) is 15.1. The Balaban J connectivity index is 1.72. The van der Waals surface area contributed by atoms with E-state index in [1.165, 1.54) is 24.1 Å². The summed E-state index contributed by atoms with van der Waals surface area (Å²) in [5.41, 5.74) is 3.17. The van der Waals surface area contributed by atoms with Crippen LogP contribution in [0.15, 0.2) is 54.6 Å². The quantitative estimate of drug-likeness (QED) is 0.878. The van der Waals surface area contributed by atoms with Crippen molar-refractivity contribution in [3.8, 4) is 0 Å². The molecule has 132 valence electrons. The van der Waals surface area contributed by atoms with Gasteiger partial charge in [-0.05, 0) is 55.8 Å². The molecule has 0 unspecified atom stereocenters. The van der Waals surface area contributed by atoms with Crippen LogP contribution in [-0.4, -0.2) is 44.5 Å². The molecule has 1 aliphatic rings. The third-order valence-electron chi connectivity index (χ3n) is 4.87. The molecule has 0 aliphatic carbocycles. The Morgan fingerprint density at radius 1 is 1.04 bits per heavy atom. The molecule has 1 atom stereocenters. The molecule has 25 heavy (non-hydrogen) atoms. The van der Waals surface area contributed by atoms with Crippen LogP contribution < -0.4 is 10.2 Å². The van der Waals surface area contributed by atoms with Gasteiger partial charge in [-0.1, -0.05) is 30.3 Å². The highest BCUT2D eigenvalue weighted by molar-refractivity contribution is 5.94. The third kappa shape index (κ3) is 4.40. The summed E-state index contributed by atoms with van der Waals surface area (Å²) in [6, 6.07) is 18.3. The van der Waals surface area contributed by atoms with Gasteiger partial charge in [0.05, 0.1) is 6.04 Å². The number of hydrogen-bond donors (Lipinski definition) is 1. The predicted molar refractivity (Wildman–Crippen MR) is 103 cm³/mol. The summed E-state index contributed by atoms with van der Waals surface area (Å²) in [4.78, 5) is 17.0. The standard InChI is InChI=1S/C21H27N3O/c1-23(2)19-12-10-17(11-13-19)20(24-14-6-7-15-24)16-22-21(25)18-8-4-3-5-9-18/h3-5,8-13,20H,6-7,14-16H2,1-2H3,(H,22,25)/t20-/m0/s1. The van der Waals surface area contributed by atoms with E-state index in [9.17, 15) is 4.79 Å². The van der Waals surface area contributed by atoms with Gasteiger partial charge in [-0.3, -0.25) is 9.69 Å². The molecule has 2 aromatic rings. The van der Waals surface area contributed by atoms with E-state index in [4.69, 9.17) is 0 Å². The average molecular weight is 337 g/mol. The highest BCUT2D eigenvalue weighted by atomic mass is 16.1. The number of nitrogens with one attached hydrogen (secondary N) is 1. The van der Waals surface area contributed by atoms with Crippen LogP contribution in [0, 0.1) is 0 Å². The molecule has 0 spiro atoms. The fraction of sp³-hybridized carbons (Fsp3) is 0.381. The number of amides is 1. The zero-order valence-electron chi connectivity index (χ0n) is 15.1. The first-order valence-electron chi connectivity index (χ1n) is 9.00. The van der Waals surface area contributed by atoms with Crippen molar-refractivity contribution in [2.75, 3.05) is 38.6 Å². The fourth-order valence-electron chi connectivity index (χ4n) is 3.39. The Morgan fingerprint density at radius 2 is 1.68 bits per heavy atom. The zero-order chi connectivity index (χ0) is 17.6. The van der Waals surface area contributed by atoms with Crippen LogP contribution in [0.3, 0.4) is 0 Å². The van der Waals surface area contributed by atoms with Gasteiger partial charge in [0.2, 0.25) is 0 Å². The second kappa shape index (κ2) is 8.17. The second-order valence-electron chi connectivity index (χ2n) is 6.82. The predicted octanol–water partition coefficient (Wildman–Crippen LogP) is 3.32. The highest BCUT2D eigenvalue weighted by Crippen LogP contribution is 2.26. The molecule has 0 bridgehead atoms. The third-order valence-corrected chi connectivity index (χ3v) is 4.87. The van der Waals surface area contributed by atoms with Crippen molar-refractivity contribution in [2.45, 2.75) is 18.9 Å². The van der Waals surface area contributed by atoms with E-state index in [0.29, 0.717) is 12.1 Å². The minimum atomic E-state index is -0.00490. The molecule has 1 fully saturated rings. The van der Waals surface area contributed by atoms with Gasteiger partial charge in [0, 0.05) is 31.9 Å². The van der Waals surface area contributed by atoms with Gasteiger partial charge in [-0.15, -0.1) is 0 Å². The van der Waals surface area contributed by atoms with E-state index in [2.05, 4.69) is 39.4 Å². The summed E-state index contributed by atoms with van der Waals surface area (Å²) in [5, 5.41) is 3.12. The second-order valence-corrected chi connectivity index (χ2v) is 6.82. The first kappa shape index (κ1) is 17.5. The Labute approximate surface area is 150 Å². The number of nitrogens with zero attached hydrogens (tertiary/aromatic N) is 2. The molecule has 4 nitrogen and oxygen atoms in total. The van der Waals surface area contributed by atoms with Crippen molar-refractivity contribution in [3.63, 3.8) is 0 Å². The lowest BCUT2D eigenvalue weighted by Crippen LogP contribution is -2.36. The van der Waals surface area contributed by atoms with Crippen molar-refractivity contribution in [2.24, 2.45) is 0 Å². The summed E-state index contributed by atoms with van der Waals surface area (Å²) < 4.78 is 0. The van der Waals surface area contributed by atoms with Crippen molar-refractivity contribution in [1.29, 1.82) is 0 Å². The van der Waals surface area contributed by atoms with Gasteiger partial charge >= 0.3 is 0 Å². The molecular weight excluding hydrogens is 310 g/mol. The van der Waals surface area contributed by atoms with Crippen LogP contribution in [0.5, 0.6) is 0 Å². The van der Waals surface area contributed by atoms with Crippen molar-refractivity contribution in [3.05, 3.63) is 65.7 Å². The Morgan fingerprint density at radius 3 is 2.28 bits per heavy atom. The van der Waals surface area contributed by atoms with E-state index in [-0.39, 0.29) is 11.9 Å². The van der Waals surface area contributed by atoms with Crippen LogP contribution in [0.25, 0.3) is 0 Å². The molecule has 1 N–H and O–H groups in total. The van der Waals surface area contributed by atoms with Crippen LogP contribution in [0.4, 0.5) is 5.69 Å². The lowest BCUT2D eigenvalue weighted by Gasteiger charge is -2.28. The largest absolute Gasteiger partial charge is 0.378 e. The topological polar surface area (TPSA) is 35.6 Å². The average Bonchev–Trinajstić information content (AvgIpc) is 3.17. The molecule has 3 rings (SSSR count). The first-order chi connectivity index (χ1) is 12.1. The maximum atomic E-state index is 12.4. The number of benzene rings is 2. The molecule has 1 aliphatic heterocycles. The Hall–Kier alpha value is -2.33. The van der Waals surface area contributed by atoms with Crippen LogP contribution >= 0.6 is 0 Å². The molecule has 0 radical (unpaired) electrons. The number of hydrogen-bond acceptors (Lipinski definition) is 3. The number of carbonyl (C=O) groups is 1. The van der Waals surface area contributed by atoms with Crippen LogP contribution in [0.2, 0.25) is 0 Å². The summed E-state index contributed by atoms with van der Waals surface area (Å²) in [6.45, 7) is 2.83. The molecule has 0 saturated carbocycles. The van der Waals surface area contributed by atoms with Crippen molar-refractivity contribution >= 4 is 11.6 Å². The first-order valence-corrected chi connectivity index (χ1v) is 9.00. The maximum absolute atomic E-state index is 12.4. The molecule has 0 aromatic heterocycles. The molecule has 1 amide bonds. The van der Waals surface area contributed by atoms with E-state index in [1.54, 1.807) is 0 Å². The number of carbonyl (C=O) groups excluding carboxylic acids is 1. The number of likely N-dealkylation sites (tertiary alicyclic amines) is 1. The van der Waals surface area contributed by atoms with Gasteiger partial charge < -0.3 is 10.2 Å². The van der Waals surface area contributed by atoms with Crippen molar-refractivity contribution in [1.82, 2.24) is 10.2 Å². The smallest absolute Gasteiger partial charge is 0.251 e. The van der Waals surface area contributed by atoms with E-state index < -0.39 is 0 Å². The lowest BCUT2D eigenvalue weighted by molar-refractivity contribution is 0.0938. The summed E-state index contributed by atoms with van der Waals surface area (Å²) in [5.74, 6) is -0.00490. The Bertz CT molecular complexity index is 676. The van der Waals surface area contributed by atoms with Crippen LogP contribution in [0.1, 0.15) is 34.8 Å². The minimum Gasteiger partial charge on any atom is -0.378 e. The van der Waals surface area contributed by atoms with E-state index >= 15 is 0 Å². The van der Waals surface area contributed by atoms with Crippen LogP contribution in [-0.2, 0) is 0 Å². The normalized spacial score (nSPS) is 15.8. The van der Waals surface area contributed by atoms with Gasteiger partial charge in [0.15, 0.2) is 0 Å². The maximum Gasteiger partial charge on any atom is 0.251 e. The Kier molecular flexibility index (Phi) is 5.71. The van der Waals surface area contributed by atoms with Gasteiger partial charge in [0.25, 0.3) is 5.91 Å². The van der Waals surface area contributed by atoms with Crippen molar-refractivity contribution < 1.29 is 4.79 Å².